The van der Waals surface area contributed by atoms with Crippen LogP contribution in [0.2, 0.25) is 5.15 Å². The second-order valence-corrected chi connectivity index (χ2v) is 13.0. The van der Waals surface area contributed by atoms with Crippen molar-refractivity contribution < 1.29 is 124 Å². The average molecular weight is 1170 g/mol. The number of aliphatic hydroxyl groups excluding tert-OH is 2. The fraction of sp³-hybridized carbons (Fsp3) is 0.455. The summed E-state index contributed by atoms with van der Waals surface area (Å²) in [6, 6.07) is 0. The fourth-order valence-electron chi connectivity index (χ4n) is 2.76. The largest absolute Gasteiger partial charge is 1.00 e. The van der Waals surface area contributed by atoms with E-state index in [0.717, 1.165) is 34.1 Å². The third kappa shape index (κ3) is 21.2. The third-order valence-corrected chi connectivity index (χ3v) is 4.07. The number of rotatable bonds is 0. The van der Waals surface area contributed by atoms with Crippen LogP contribution in [-0.4, -0.2) is 55.6 Å². The van der Waals surface area contributed by atoms with Gasteiger partial charge >= 0.3 is 131 Å². The molecule has 0 saturated heterocycles. The molecule has 0 aliphatic carbocycles. The van der Waals surface area contributed by atoms with Crippen LogP contribution in [-0.2, 0) is 0 Å². The van der Waals surface area contributed by atoms with Crippen molar-refractivity contribution in [3.63, 3.8) is 0 Å². The van der Waals surface area contributed by atoms with Crippen LogP contribution in [0.15, 0.2) is 24.8 Å². The van der Waals surface area contributed by atoms with E-state index in [0.29, 0.717) is 11.0 Å². The van der Waals surface area contributed by atoms with Crippen molar-refractivity contribution in [3.05, 3.63) is 53.0 Å². The van der Waals surface area contributed by atoms with Gasteiger partial charge in [0.25, 0.3) is 0 Å². The number of hydrogen-bond donors (Lipinski definition) is 5. The average Bonchev–Trinajstić information content (AvgIpc) is 3.27. The minimum atomic E-state index is -0.440. The Morgan fingerprint density at radius 2 is 1.18 bits per heavy atom. The van der Waals surface area contributed by atoms with Crippen molar-refractivity contribution in [2.75, 3.05) is 18.9 Å². The molecule has 0 amide bonds. The summed E-state index contributed by atoms with van der Waals surface area (Å²) in [5.74, 6) is 2.42. The van der Waals surface area contributed by atoms with Crippen LogP contribution in [0.3, 0.4) is 0 Å². The summed E-state index contributed by atoms with van der Waals surface area (Å²) < 4.78 is 16.5. The first-order valence-electron chi connectivity index (χ1n) is 10.1. The van der Waals surface area contributed by atoms with Crippen molar-refractivity contribution in [1.29, 1.82) is 0 Å². The molecule has 0 bridgehead atoms. The van der Waals surface area contributed by atoms with Crippen molar-refractivity contribution in [2.24, 2.45) is 3.95 Å². The van der Waals surface area contributed by atoms with Gasteiger partial charge in [-0.1, -0.05) is 26.5 Å². The predicted molar refractivity (Wildman–Crippen MR) is 168 cm³/mol. The van der Waals surface area contributed by atoms with Crippen LogP contribution in [0.1, 0.15) is 51.7 Å². The van der Waals surface area contributed by atoms with Crippen LogP contribution >= 0.6 is 48.8 Å². The third-order valence-electron chi connectivity index (χ3n) is 3.79. The van der Waals surface area contributed by atoms with Gasteiger partial charge in [0.1, 0.15) is 28.5 Å². The van der Waals surface area contributed by atoms with E-state index in [4.69, 9.17) is 34.9 Å². The molecule has 0 saturated carbocycles. The predicted octanol–water partition coefficient (Wildman–Crippen LogP) is -7.16. The molecule has 0 radical (unpaired) electrons. The maximum absolute atomic E-state index is 7.67. The van der Waals surface area contributed by atoms with Crippen molar-refractivity contribution >= 4 is 65.7 Å². The molecule has 4 aromatic rings. The van der Waals surface area contributed by atoms with Crippen molar-refractivity contribution in [2.45, 2.75) is 56.4 Å². The number of halogens is 6. The van der Waals surface area contributed by atoms with Crippen LogP contribution < -0.4 is 120 Å². The van der Waals surface area contributed by atoms with Gasteiger partial charge in [-0.05, 0) is 41.5 Å². The Morgan fingerprint density at radius 1 is 0.875 bits per heavy atom. The summed E-state index contributed by atoms with van der Waals surface area (Å²) in [6.07, 6.45) is 7.07. The van der Waals surface area contributed by atoms with E-state index in [9.17, 15) is 0 Å². The number of imidazole rings is 2. The van der Waals surface area contributed by atoms with Gasteiger partial charge in [-0.25, -0.2) is 19.9 Å². The Labute approximate surface area is 344 Å². The summed E-state index contributed by atoms with van der Waals surface area (Å²) in [5, 5.41) is 15.6. The number of hydrogen-bond acceptors (Lipinski definition) is 9. The van der Waals surface area contributed by atoms with Crippen LogP contribution in [0.25, 0.3) is 11.0 Å². The van der Waals surface area contributed by atoms with E-state index in [1.165, 1.54) is 0 Å². The topological polar surface area (TPSA) is 173 Å². The Morgan fingerprint density at radius 3 is 1.50 bits per heavy atom. The fourth-order valence-corrected chi connectivity index (χ4v) is 3.05. The zero-order valence-corrected chi connectivity index (χ0v) is 36.8. The molecule has 0 atom stereocenters. The molecule has 7 N–H and O–H groups in total. The second-order valence-electron chi connectivity index (χ2n) is 6.24. The summed E-state index contributed by atoms with van der Waals surface area (Å²) in [6.45, 7) is 11.6. The van der Waals surface area contributed by atoms with E-state index < -0.39 is 17.6 Å². The molecule has 0 unspecified atom stereocenters. The van der Waals surface area contributed by atoms with Gasteiger partial charge in [0, 0.05) is 38.0 Å². The molecule has 4 rings (SSSR count). The van der Waals surface area contributed by atoms with E-state index in [2.05, 4.69) is 38.6 Å². The molecule has 4 heterocycles. The normalized spacial score (nSPS) is 8.53. The van der Waals surface area contributed by atoms with Crippen molar-refractivity contribution in [3.8, 4) is 0 Å². The van der Waals surface area contributed by atoms with E-state index >= 15 is 0 Å². The minimum absolute atomic E-state index is 0. The number of nitrogen functional groups attached to an aromatic ring is 1. The first-order chi connectivity index (χ1) is 17.1. The number of aryl methyl sites for hydroxylation is 4. The molecular weight excluding hydrogens is 1130 g/mol. The smallest absolute Gasteiger partial charge is 1.00 e. The summed E-state index contributed by atoms with van der Waals surface area (Å²) in [5.41, 5.74) is 9.36. The van der Waals surface area contributed by atoms with Crippen molar-refractivity contribution in [1.82, 2.24) is 28.7 Å². The Hall–Kier alpha value is 2.46. The maximum Gasteiger partial charge on any atom is 1.00 e. The molecule has 4 aromatic heterocycles. The second kappa shape index (κ2) is 34.3. The summed E-state index contributed by atoms with van der Waals surface area (Å²) >= 11 is 9.65. The summed E-state index contributed by atoms with van der Waals surface area (Å²) in [7, 11) is 0. The molecule has 11 nitrogen and oxygen atoms in total. The van der Waals surface area contributed by atoms with Crippen LogP contribution in [0.4, 0.5) is 5.82 Å². The number of aromatic nitrogens is 6. The SMILES string of the molecule is C.C.CCO.CCO.Cc1nc(C)n2ccnc(Cl)c12.Cc1nc(C)n2ccnc(N)c12.N[I-]I.O[I-]I.[I-].[K+]. The minimum Gasteiger partial charge on any atom is -1.00 e. The van der Waals surface area contributed by atoms with E-state index in [1.54, 1.807) is 26.2 Å². The van der Waals surface area contributed by atoms with Gasteiger partial charge in [-0.3, -0.25) is 8.80 Å². The van der Waals surface area contributed by atoms with Crippen LogP contribution in [0, 0.1) is 27.7 Å². The molecule has 0 fully saturated rings. The molecule has 232 valence electrons. The summed E-state index contributed by atoms with van der Waals surface area (Å²) in [4.78, 5) is 16.6. The van der Waals surface area contributed by atoms with Crippen LogP contribution in [0.5, 0.6) is 0 Å². The van der Waals surface area contributed by atoms with Gasteiger partial charge in [0.05, 0.1) is 11.4 Å². The Bertz CT molecular complexity index is 1050. The van der Waals surface area contributed by atoms with E-state index in [-0.39, 0.29) is 121 Å². The maximum atomic E-state index is 7.67. The van der Waals surface area contributed by atoms with Gasteiger partial charge in [-0.15, -0.1) is 0 Å². The molecule has 0 spiro atoms. The quantitative estimate of drug-likeness (QED) is 0.0653. The molecule has 40 heavy (non-hydrogen) atoms. The number of aliphatic hydroxyl groups is 2. The zero-order valence-electron chi connectivity index (χ0n) is 22.2. The number of anilines is 1. The molecule has 0 aromatic carbocycles. The number of fused-ring (bicyclic) bond motifs is 2. The van der Waals surface area contributed by atoms with Gasteiger partial charge < -0.3 is 39.9 Å². The molecule has 0 aliphatic heterocycles. The Balaban J connectivity index is -0.0000000973. The molecular formula is C22H41ClI5KN8O3-2. The number of nitrogens with two attached hydrogens (primary N) is 2. The standard InChI is InChI=1S/C8H8ClN3.C8H10N4.2C2H6O.2CH4.H2I2N.HI2O.HI.K/c2*1-5-7-8(9)10-3-4-12(7)6(2)11-5;2*1-2-3;;;2*1-2-3;;/h3-4H,1-2H3;3-4H,1-2H3,(H2,9,10);2*3H,2H2,1H3;2*1H4;3H2;3H;1H;/q;;;;;;2*-1;;+1/p-1. The zero-order chi connectivity index (χ0) is 28.3. The first-order valence-corrected chi connectivity index (χ1v) is 25.3. The number of nitrogens with zero attached hydrogens (tertiary/aromatic N) is 6. The Kier molecular flexibility index (Phi) is 47.1. The first kappa shape index (κ1) is 54.9. The molecule has 18 heteroatoms. The van der Waals surface area contributed by atoms with Gasteiger partial charge in [0.2, 0.25) is 0 Å². The van der Waals surface area contributed by atoms with Gasteiger partial charge in [-0.2, -0.15) is 0 Å². The van der Waals surface area contributed by atoms with E-state index in [1.807, 2.05) is 67.5 Å². The van der Waals surface area contributed by atoms with Gasteiger partial charge in [0.15, 0.2) is 5.15 Å². The molecule has 0 aliphatic rings. The monoisotopic (exact) mass is 1170 g/mol.